The van der Waals surface area contributed by atoms with Gasteiger partial charge < -0.3 is 9.84 Å². The first-order valence-electron chi connectivity index (χ1n) is 9.83. The van der Waals surface area contributed by atoms with Crippen LogP contribution in [0.1, 0.15) is 41.5 Å². The number of carbonyl (C=O) groups excluding carboxylic acids is 1. The summed E-state index contributed by atoms with van der Waals surface area (Å²) in [5, 5.41) is 6.66. The molecule has 0 aliphatic carbocycles. The van der Waals surface area contributed by atoms with Crippen molar-refractivity contribution in [2.24, 2.45) is 0 Å². The maximum atomic E-state index is 12.7. The van der Waals surface area contributed by atoms with E-state index in [1.54, 1.807) is 50.3 Å². The number of benzene rings is 2. The van der Waals surface area contributed by atoms with E-state index in [0.29, 0.717) is 29.2 Å². The number of sulfonamides is 1. The zero-order valence-corrected chi connectivity index (χ0v) is 18.7. The van der Waals surface area contributed by atoms with Gasteiger partial charge in [-0.05, 0) is 67.8 Å². The predicted molar refractivity (Wildman–Crippen MR) is 122 cm³/mol. The number of amides is 1. The molecule has 1 amide bonds. The van der Waals surface area contributed by atoms with E-state index in [1.165, 1.54) is 12.1 Å². The predicted octanol–water partition coefficient (Wildman–Crippen LogP) is 4.92. The molecule has 7 nitrogen and oxygen atoms in total. The first kappa shape index (κ1) is 22.3. The molecule has 3 aromatic rings. The van der Waals surface area contributed by atoms with Crippen LogP contribution in [0.25, 0.3) is 12.2 Å². The molecular weight excluding hydrogens is 414 g/mol. The summed E-state index contributed by atoms with van der Waals surface area (Å²) in [5.41, 5.74) is 4.38. The number of hydrogen-bond acceptors (Lipinski definition) is 5. The molecule has 3 rings (SSSR count). The molecule has 0 unspecified atom stereocenters. The van der Waals surface area contributed by atoms with Crippen molar-refractivity contribution in [2.45, 2.75) is 39.0 Å². The minimum absolute atomic E-state index is 0.133. The fourth-order valence-corrected chi connectivity index (χ4v) is 4.10. The summed E-state index contributed by atoms with van der Waals surface area (Å²) in [6.07, 6.45) is 3.79. The molecule has 2 aromatic carbocycles. The number of aryl methyl sites for hydroxylation is 3. The number of nitrogens with one attached hydrogen (secondary N) is 2. The molecule has 0 aliphatic heterocycles. The van der Waals surface area contributed by atoms with Crippen LogP contribution in [0.5, 0.6) is 0 Å². The molecule has 0 spiro atoms. The Morgan fingerprint density at radius 1 is 1.03 bits per heavy atom. The van der Waals surface area contributed by atoms with Crippen LogP contribution in [0.2, 0.25) is 0 Å². The first-order chi connectivity index (χ1) is 14.7. The molecule has 1 heterocycles. The SMILES string of the molecule is CCC(=O)Nc1c(C)noc1C=Cc1ccc(S(=O)(=O)Nc2cc(C)cc(C)c2)cc1. The van der Waals surface area contributed by atoms with Gasteiger partial charge in [0.15, 0.2) is 5.76 Å². The van der Waals surface area contributed by atoms with E-state index in [0.717, 1.165) is 16.7 Å². The molecule has 0 saturated carbocycles. The van der Waals surface area contributed by atoms with Crippen LogP contribution >= 0.6 is 0 Å². The number of aromatic nitrogens is 1. The van der Waals surface area contributed by atoms with Crippen molar-refractivity contribution in [2.75, 3.05) is 10.0 Å². The smallest absolute Gasteiger partial charge is 0.261 e. The molecule has 8 heteroatoms. The third kappa shape index (κ3) is 5.61. The Labute approximate surface area is 182 Å². The summed E-state index contributed by atoms with van der Waals surface area (Å²) in [4.78, 5) is 11.9. The molecule has 2 N–H and O–H groups in total. The average Bonchev–Trinajstić information content (AvgIpc) is 3.05. The van der Waals surface area contributed by atoms with Gasteiger partial charge in [0.05, 0.1) is 4.90 Å². The lowest BCUT2D eigenvalue weighted by Gasteiger charge is -2.10. The minimum atomic E-state index is -3.70. The van der Waals surface area contributed by atoms with E-state index in [2.05, 4.69) is 15.2 Å². The van der Waals surface area contributed by atoms with Gasteiger partial charge in [0.1, 0.15) is 11.4 Å². The van der Waals surface area contributed by atoms with Gasteiger partial charge in [-0.2, -0.15) is 0 Å². The van der Waals surface area contributed by atoms with Gasteiger partial charge in [0.2, 0.25) is 5.91 Å². The molecule has 0 radical (unpaired) electrons. The number of hydrogen-bond donors (Lipinski definition) is 2. The Bertz CT molecular complexity index is 1210. The van der Waals surface area contributed by atoms with E-state index in [9.17, 15) is 13.2 Å². The standard InChI is InChI=1S/C23H25N3O4S/c1-5-22(27)24-23-17(4)25-30-21(23)11-8-18-6-9-20(10-7-18)31(28,29)26-19-13-15(2)12-16(3)14-19/h6-14,26H,5H2,1-4H3,(H,24,27). The van der Waals surface area contributed by atoms with Crippen molar-refractivity contribution in [1.82, 2.24) is 5.16 Å². The molecule has 0 bridgehead atoms. The highest BCUT2D eigenvalue weighted by atomic mass is 32.2. The Morgan fingerprint density at radius 3 is 2.29 bits per heavy atom. The highest BCUT2D eigenvalue weighted by Gasteiger charge is 2.15. The third-order valence-electron chi connectivity index (χ3n) is 4.57. The molecule has 0 saturated heterocycles. The second kappa shape index (κ2) is 9.18. The Morgan fingerprint density at radius 2 is 1.68 bits per heavy atom. The number of nitrogens with zero attached hydrogens (tertiary/aromatic N) is 1. The van der Waals surface area contributed by atoms with Crippen molar-refractivity contribution in [3.05, 3.63) is 70.6 Å². The van der Waals surface area contributed by atoms with E-state index in [4.69, 9.17) is 4.52 Å². The van der Waals surface area contributed by atoms with Crippen molar-refractivity contribution in [3.63, 3.8) is 0 Å². The van der Waals surface area contributed by atoms with Gasteiger partial charge in [-0.25, -0.2) is 8.42 Å². The second-order valence-electron chi connectivity index (χ2n) is 7.29. The summed E-state index contributed by atoms with van der Waals surface area (Å²) in [6, 6.07) is 12.0. The van der Waals surface area contributed by atoms with Crippen molar-refractivity contribution < 1.29 is 17.7 Å². The van der Waals surface area contributed by atoms with Gasteiger partial charge in [0, 0.05) is 12.1 Å². The van der Waals surface area contributed by atoms with Gasteiger partial charge in [-0.1, -0.05) is 36.4 Å². The fourth-order valence-electron chi connectivity index (χ4n) is 3.06. The summed E-state index contributed by atoms with van der Waals surface area (Å²) in [7, 11) is -3.70. The fraction of sp³-hybridized carbons (Fsp3) is 0.217. The summed E-state index contributed by atoms with van der Waals surface area (Å²) >= 11 is 0. The zero-order chi connectivity index (χ0) is 22.6. The molecule has 1 aromatic heterocycles. The van der Waals surface area contributed by atoms with Crippen LogP contribution in [0.3, 0.4) is 0 Å². The summed E-state index contributed by atoms with van der Waals surface area (Å²) in [6.45, 7) is 7.34. The highest BCUT2D eigenvalue weighted by molar-refractivity contribution is 7.92. The maximum absolute atomic E-state index is 12.7. The van der Waals surface area contributed by atoms with E-state index in [-0.39, 0.29) is 10.8 Å². The van der Waals surface area contributed by atoms with E-state index >= 15 is 0 Å². The van der Waals surface area contributed by atoms with Crippen LogP contribution in [0.4, 0.5) is 11.4 Å². The van der Waals surface area contributed by atoms with Gasteiger partial charge in [-0.15, -0.1) is 0 Å². The van der Waals surface area contributed by atoms with Gasteiger partial charge >= 0.3 is 0 Å². The topological polar surface area (TPSA) is 101 Å². The summed E-state index contributed by atoms with van der Waals surface area (Å²) in [5.74, 6) is 0.291. The molecule has 0 aliphatic rings. The minimum Gasteiger partial charge on any atom is -0.354 e. The normalized spacial score (nSPS) is 11.6. The van der Waals surface area contributed by atoms with Crippen LogP contribution in [-0.2, 0) is 14.8 Å². The summed E-state index contributed by atoms with van der Waals surface area (Å²) < 4.78 is 33.3. The lowest BCUT2D eigenvalue weighted by molar-refractivity contribution is -0.115. The maximum Gasteiger partial charge on any atom is 0.261 e. The van der Waals surface area contributed by atoms with E-state index < -0.39 is 10.0 Å². The molecule has 162 valence electrons. The van der Waals surface area contributed by atoms with Crippen LogP contribution in [-0.4, -0.2) is 19.5 Å². The quantitative estimate of drug-likeness (QED) is 0.544. The van der Waals surface area contributed by atoms with Crippen molar-refractivity contribution in [3.8, 4) is 0 Å². The Kier molecular flexibility index (Phi) is 6.60. The van der Waals surface area contributed by atoms with Crippen LogP contribution in [0.15, 0.2) is 51.9 Å². The molecule has 0 fully saturated rings. The van der Waals surface area contributed by atoms with Crippen LogP contribution in [0, 0.1) is 20.8 Å². The zero-order valence-electron chi connectivity index (χ0n) is 17.9. The largest absolute Gasteiger partial charge is 0.354 e. The lowest BCUT2D eigenvalue weighted by atomic mass is 10.1. The van der Waals surface area contributed by atoms with Crippen LogP contribution < -0.4 is 10.0 Å². The Balaban J connectivity index is 1.77. The monoisotopic (exact) mass is 439 g/mol. The number of carbonyl (C=O) groups is 1. The average molecular weight is 440 g/mol. The molecule has 31 heavy (non-hydrogen) atoms. The highest BCUT2D eigenvalue weighted by Crippen LogP contribution is 2.24. The van der Waals surface area contributed by atoms with Crippen molar-refractivity contribution >= 4 is 39.5 Å². The first-order valence-corrected chi connectivity index (χ1v) is 11.3. The van der Waals surface area contributed by atoms with E-state index in [1.807, 2.05) is 19.9 Å². The number of anilines is 2. The third-order valence-corrected chi connectivity index (χ3v) is 5.96. The number of rotatable bonds is 7. The van der Waals surface area contributed by atoms with Gasteiger partial charge in [0.25, 0.3) is 10.0 Å². The second-order valence-corrected chi connectivity index (χ2v) is 8.98. The Hall–Kier alpha value is -3.39. The molecule has 0 atom stereocenters. The molecular formula is C23H25N3O4S. The van der Waals surface area contributed by atoms with Crippen molar-refractivity contribution in [1.29, 1.82) is 0 Å². The van der Waals surface area contributed by atoms with Gasteiger partial charge in [-0.3, -0.25) is 9.52 Å². The lowest BCUT2D eigenvalue weighted by Crippen LogP contribution is -2.13.